The lowest BCUT2D eigenvalue weighted by Crippen LogP contribution is -2.31. The highest BCUT2D eigenvalue weighted by Crippen LogP contribution is 2.28. The van der Waals surface area contributed by atoms with Gasteiger partial charge in [-0.2, -0.15) is 0 Å². The van der Waals surface area contributed by atoms with Crippen molar-refractivity contribution >= 4 is 21.9 Å². The molecule has 0 saturated heterocycles. The first-order chi connectivity index (χ1) is 12.8. The molecule has 0 unspecified atom stereocenters. The number of hydrogen-bond donors (Lipinski definition) is 3. The molecule has 10 heteroatoms. The van der Waals surface area contributed by atoms with Crippen molar-refractivity contribution in [2.75, 3.05) is 12.5 Å². The second-order valence-corrected chi connectivity index (χ2v) is 8.00. The summed E-state index contributed by atoms with van der Waals surface area (Å²) in [6.07, 6.45) is 1.61. The predicted molar refractivity (Wildman–Crippen MR) is 98.9 cm³/mol. The van der Waals surface area contributed by atoms with Gasteiger partial charge in [-0.3, -0.25) is 15.6 Å². The highest BCUT2D eigenvalue weighted by molar-refractivity contribution is 7.89. The molecule has 0 atom stereocenters. The van der Waals surface area contributed by atoms with Gasteiger partial charge in [0.05, 0.1) is 7.11 Å². The molecular formula is C17H21N5O4S. The van der Waals surface area contributed by atoms with E-state index in [9.17, 15) is 13.2 Å². The van der Waals surface area contributed by atoms with Crippen LogP contribution in [0.25, 0.3) is 0 Å². The summed E-state index contributed by atoms with van der Waals surface area (Å²) < 4.78 is 32.8. The number of carbonyl (C=O) groups excluding carboxylic acids is 1. The third-order valence-electron chi connectivity index (χ3n) is 3.88. The highest BCUT2D eigenvalue weighted by Gasteiger charge is 2.30. The number of aryl methyl sites for hydroxylation is 2. The minimum atomic E-state index is -3.77. The van der Waals surface area contributed by atoms with Gasteiger partial charge in [0.25, 0.3) is 5.91 Å². The minimum Gasteiger partial charge on any atom is -0.495 e. The van der Waals surface area contributed by atoms with Crippen LogP contribution in [-0.4, -0.2) is 37.4 Å². The van der Waals surface area contributed by atoms with Crippen LogP contribution in [0.15, 0.2) is 29.2 Å². The first-order valence-corrected chi connectivity index (χ1v) is 9.86. The smallest absolute Gasteiger partial charge is 0.269 e. The Morgan fingerprint density at radius 1 is 1.15 bits per heavy atom. The van der Waals surface area contributed by atoms with Crippen LogP contribution in [0.3, 0.4) is 0 Å². The number of hydrazine groups is 1. The number of amides is 1. The zero-order valence-corrected chi connectivity index (χ0v) is 16.1. The van der Waals surface area contributed by atoms with E-state index < -0.39 is 15.9 Å². The van der Waals surface area contributed by atoms with Gasteiger partial charge in [0, 0.05) is 23.0 Å². The van der Waals surface area contributed by atoms with Crippen molar-refractivity contribution in [1.82, 2.24) is 20.1 Å². The standard InChI is InChI=1S/C17H21N5O4S/c1-10-8-11(2)19-17(18-10)21-20-16(23)12-4-7-14(26-3)15(9-12)27(24,25)22-13-5-6-13/h4,7-9,13,22H,5-6H2,1-3H3,(H,20,23)(H,18,19,21). The van der Waals surface area contributed by atoms with Crippen molar-refractivity contribution < 1.29 is 17.9 Å². The minimum absolute atomic E-state index is 0.0550. The molecule has 1 aromatic carbocycles. The zero-order valence-electron chi connectivity index (χ0n) is 15.2. The number of sulfonamides is 1. The number of hydrogen-bond acceptors (Lipinski definition) is 7. The molecule has 1 fully saturated rings. The van der Waals surface area contributed by atoms with Gasteiger partial charge in [0.2, 0.25) is 16.0 Å². The molecule has 3 N–H and O–H groups in total. The van der Waals surface area contributed by atoms with Crippen molar-refractivity contribution in [1.29, 1.82) is 0 Å². The summed E-state index contributed by atoms with van der Waals surface area (Å²) in [4.78, 5) is 20.7. The van der Waals surface area contributed by atoms with Crippen LogP contribution in [0.2, 0.25) is 0 Å². The van der Waals surface area contributed by atoms with Crippen LogP contribution in [0, 0.1) is 13.8 Å². The third-order valence-corrected chi connectivity index (χ3v) is 5.43. The Hall–Kier alpha value is -2.72. The molecule has 3 rings (SSSR count). The van der Waals surface area contributed by atoms with E-state index in [2.05, 4.69) is 25.5 Å². The van der Waals surface area contributed by atoms with Crippen molar-refractivity contribution in [3.05, 3.63) is 41.2 Å². The second-order valence-electron chi connectivity index (χ2n) is 6.31. The average molecular weight is 391 g/mol. The van der Waals surface area contributed by atoms with E-state index in [-0.39, 0.29) is 28.2 Å². The molecule has 144 valence electrons. The maximum Gasteiger partial charge on any atom is 0.269 e. The topological polar surface area (TPSA) is 122 Å². The van der Waals surface area contributed by atoms with Gasteiger partial charge in [0.15, 0.2) is 0 Å². The van der Waals surface area contributed by atoms with Crippen molar-refractivity contribution in [3.63, 3.8) is 0 Å². The van der Waals surface area contributed by atoms with Crippen molar-refractivity contribution in [2.24, 2.45) is 0 Å². The second kappa shape index (κ2) is 7.49. The monoisotopic (exact) mass is 391 g/mol. The molecule has 1 heterocycles. The highest BCUT2D eigenvalue weighted by atomic mass is 32.2. The Labute approximate surface area is 157 Å². The first-order valence-electron chi connectivity index (χ1n) is 8.37. The summed E-state index contributed by atoms with van der Waals surface area (Å²) in [6, 6.07) is 5.96. The Balaban J connectivity index is 1.79. The lowest BCUT2D eigenvalue weighted by Gasteiger charge is -2.13. The molecule has 1 aliphatic rings. The fraction of sp³-hybridized carbons (Fsp3) is 0.353. The number of benzene rings is 1. The van der Waals surface area contributed by atoms with Crippen LogP contribution in [0.1, 0.15) is 34.6 Å². The van der Waals surface area contributed by atoms with E-state index >= 15 is 0 Å². The number of nitrogens with zero attached hydrogens (tertiary/aromatic N) is 2. The summed E-state index contributed by atoms with van der Waals surface area (Å²) in [7, 11) is -2.40. The number of aromatic nitrogens is 2. The van der Waals surface area contributed by atoms with Crippen LogP contribution in [0.4, 0.5) is 5.95 Å². The summed E-state index contributed by atoms with van der Waals surface area (Å²) >= 11 is 0. The van der Waals surface area contributed by atoms with Crippen LogP contribution in [0.5, 0.6) is 5.75 Å². The fourth-order valence-corrected chi connectivity index (χ4v) is 3.98. The lowest BCUT2D eigenvalue weighted by atomic mass is 10.2. The molecule has 0 spiro atoms. The van der Waals surface area contributed by atoms with Gasteiger partial charge in [-0.1, -0.05) is 0 Å². The Morgan fingerprint density at radius 3 is 2.41 bits per heavy atom. The van der Waals surface area contributed by atoms with E-state index in [0.717, 1.165) is 24.2 Å². The van der Waals surface area contributed by atoms with Crippen molar-refractivity contribution in [3.8, 4) is 5.75 Å². The quantitative estimate of drug-likeness (QED) is 0.608. The molecule has 1 aromatic heterocycles. The largest absolute Gasteiger partial charge is 0.495 e. The summed E-state index contributed by atoms with van der Waals surface area (Å²) in [5.41, 5.74) is 6.77. The van der Waals surface area contributed by atoms with Gasteiger partial charge in [-0.15, -0.1) is 0 Å². The van der Waals surface area contributed by atoms with Gasteiger partial charge in [-0.05, 0) is 51.0 Å². The zero-order chi connectivity index (χ0) is 19.6. The number of carbonyl (C=O) groups is 1. The van der Waals surface area contributed by atoms with Gasteiger partial charge in [0.1, 0.15) is 10.6 Å². The number of anilines is 1. The Kier molecular flexibility index (Phi) is 5.29. The number of rotatable bonds is 7. The molecule has 27 heavy (non-hydrogen) atoms. The van der Waals surface area contributed by atoms with Crippen LogP contribution in [-0.2, 0) is 10.0 Å². The molecule has 1 amide bonds. The number of methoxy groups -OCH3 is 1. The molecule has 0 aliphatic heterocycles. The summed E-state index contributed by atoms with van der Waals surface area (Å²) in [5, 5.41) is 0. The van der Waals surface area contributed by atoms with Crippen molar-refractivity contribution in [2.45, 2.75) is 37.6 Å². The van der Waals surface area contributed by atoms with E-state index in [1.54, 1.807) is 6.07 Å². The van der Waals surface area contributed by atoms with Gasteiger partial charge in [-0.25, -0.2) is 23.1 Å². The maximum absolute atomic E-state index is 12.5. The lowest BCUT2D eigenvalue weighted by molar-refractivity contribution is 0.0962. The van der Waals surface area contributed by atoms with E-state index in [1.165, 1.54) is 25.3 Å². The van der Waals surface area contributed by atoms with E-state index in [4.69, 9.17) is 4.74 Å². The Bertz CT molecular complexity index is 953. The van der Waals surface area contributed by atoms with Crippen LogP contribution < -0.4 is 20.3 Å². The summed E-state index contributed by atoms with van der Waals surface area (Å²) in [6.45, 7) is 3.63. The molecule has 2 aromatic rings. The molecular weight excluding hydrogens is 370 g/mol. The first kappa shape index (κ1) is 19.1. The van der Waals surface area contributed by atoms with E-state index in [0.29, 0.717) is 0 Å². The average Bonchev–Trinajstić information content (AvgIpc) is 3.41. The Morgan fingerprint density at radius 2 is 1.81 bits per heavy atom. The fourth-order valence-electron chi connectivity index (χ4n) is 2.48. The molecule has 0 bridgehead atoms. The number of ether oxygens (including phenoxy) is 1. The van der Waals surface area contributed by atoms with Crippen LogP contribution >= 0.6 is 0 Å². The van der Waals surface area contributed by atoms with Gasteiger partial charge >= 0.3 is 0 Å². The van der Waals surface area contributed by atoms with E-state index in [1.807, 2.05) is 13.8 Å². The normalized spacial score (nSPS) is 13.9. The molecule has 1 saturated carbocycles. The third kappa shape index (κ3) is 4.72. The van der Waals surface area contributed by atoms with Gasteiger partial charge < -0.3 is 4.74 Å². The molecule has 9 nitrogen and oxygen atoms in total. The molecule has 1 aliphatic carbocycles. The predicted octanol–water partition coefficient (Wildman–Crippen LogP) is 1.30. The molecule has 0 radical (unpaired) electrons. The SMILES string of the molecule is COc1ccc(C(=O)NNc2nc(C)cc(C)n2)cc1S(=O)(=O)NC1CC1. The summed E-state index contributed by atoms with van der Waals surface area (Å²) in [5.74, 6) is -0.105. The maximum atomic E-state index is 12.5. The number of nitrogens with one attached hydrogen (secondary N) is 3.